The zero-order valence-corrected chi connectivity index (χ0v) is 20.6. The van der Waals surface area contributed by atoms with Crippen molar-refractivity contribution < 1.29 is 9.84 Å². The Balaban J connectivity index is 0.00000300. The van der Waals surface area contributed by atoms with Crippen molar-refractivity contribution in [3.05, 3.63) is 35.2 Å². The minimum atomic E-state index is -0.563. The summed E-state index contributed by atoms with van der Waals surface area (Å²) in [6, 6.07) is 10.3. The maximum atomic E-state index is 10.6. The summed E-state index contributed by atoms with van der Waals surface area (Å²) in [4.78, 5) is 8.07. The Kier molecular flexibility index (Phi) is 9.61. The van der Waals surface area contributed by atoms with Crippen LogP contribution in [-0.4, -0.2) is 68.4 Å². The molecule has 1 unspecified atom stereocenters. The first-order valence-electron chi connectivity index (χ1n) is 9.98. The lowest BCUT2D eigenvalue weighted by atomic mass is 9.89. The highest BCUT2D eigenvalue weighted by Gasteiger charge is 2.34. The van der Waals surface area contributed by atoms with Gasteiger partial charge in [-0.05, 0) is 51.4 Å². The van der Waals surface area contributed by atoms with Crippen LogP contribution < -0.4 is 10.6 Å². The van der Waals surface area contributed by atoms with E-state index < -0.39 is 6.10 Å². The molecule has 0 bridgehead atoms. The van der Waals surface area contributed by atoms with Crippen molar-refractivity contribution in [3.8, 4) is 0 Å². The van der Waals surface area contributed by atoms with Crippen LogP contribution in [0.15, 0.2) is 35.3 Å². The third kappa shape index (κ3) is 6.27. The summed E-state index contributed by atoms with van der Waals surface area (Å²) < 4.78 is 6.74. The van der Waals surface area contributed by atoms with Crippen LogP contribution in [0.1, 0.15) is 30.7 Å². The van der Waals surface area contributed by atoms with Crippen molar-refractivity contribution >= 4 is 51.4 Å². The van der Waals surface area contributed by atoms with Gasteiger partial charge in [-0.3, -0.25) is 4.99 Å². The fraction of sp³-hybridized carbons (Fsp3) is 0.571. The summed E-state index contributed by atoms with van der Waals surface area (Å²) in [6.45, 7) is 5.53. The van der Waals surface area contributed by atoms with E-state index in [1.54, 1.807) is 11.3 Å². The van der Waals surface area contributed by atoms with Crippen molar-refractivity contribution in [2.75, 3.05) is 46.9 Å². The zero-order valence-electron chi connectivity index (χ0n) is 17.5. The number of hydrogen-bond acceptors (Lipinski definition) is 5. The maximum absolute atomic E-state index is 10.6. The molecular weight excluding hydrogens is 499 g/mol. The maximum Gasteiger partial charge on any atom is 0.191 e. The first kappa shape index (κ1) is 24.3. The van der Waals surface area contributed by atoms with E-state index in [9.17, 15) is 5.11 Å². The number of rotatable bonds is 7. The van der Waals surface area contributed by atoms with E-state index in [1.165, 1.54) is 10.1 Å². The van der Waals surface area contributed by atoms with Crippen LogP contribution in [0.3, 0.4) is 0 Å². The lowest BCUT2D eigenvalue weighted by Gasteiger charge is -2.41. The highest BCUT2D eigenvalue weighted by atomic mass is 127. The fourth-order valence-corrected chi connectivity index (χ4v) is 4.58. The molecule has 1 fully saturated rings. The molecule has 29 heavy (non-hydrogen) atoms. The molecule has 3 rings (SSSR count). The molecule has 0 aliphatic carbocycles. The van der Waals surface area contributed by atoms with Crippen LogP contribution in [0.25, 0.3) is 10.1 Å². The molecule has 3 N–H and O–H groups in total. The molecule has 6 nitrogen and oxygen atoms in total. The largest absolute Gasteiger partial charge is 0.386 e. The van der Waals surface area contributed by atoms with E-state index in [2.05, 4.69) is 54.8 Å². The quantitative estimate of drug-likeness (QED) is 0.290. The third-order valence-corrected chi connectivity index (χ3v) is 6.70. The van der Waals surface area contributed by atoms with Crippen LogP contribution in [0.5, 0.6) is 0 Å². The molecule has 0 spiro atoms. The van der Waals surface area contributed by atoms with E-state index in [1.807, 2.05) is 12.1 Å². The van der Waals surface area contributed by atoms with Gasteiger partial charge in [-0.15, -0.1) is 35.3 Å². The van der Waals surface area contributed by atoms with E-state index in [4.69, 9.17) is 9.73 Å². The van der Waals surface area contributed by atoms with Crippen LogP contribution >= 0.6 is 35.3 Å². The first-order chi connectivity index (χ1) is 13.5. The fourth-order valence-electron chi connectivity index (χ4n) is 3.53. The smallest absolute Gasteiger partial charge is 0.191 e. The van der Waals surface area contributed by atoms with Gasteiger partial charge in [-0.2, -0.15) is 0 Å². The number of thiophene rings is 1. The Morgan fingerprint density at radius 3 is 2.66 bits per heavy atom. The normalized spacial score (nSPS) is 17.8. The number of nitrogens with one attached hydrogen (secondary N) is 2. The molecule has 1 aromatic heterocycles. The molecule has 0 amide bonds. The predicted molar refractivity (Wildman–Crippen MR) is 133 cm³/mol. The molecule has 1 saturated heterocycles. The van der Waals surface area contributed by atoms with Gasteiger partial charge >= 0.3 is 0 Å². The molecule has 0 saturated carbocycles. The summed E-state index contributed by atoms with van der Waals surface area (Å²) in [7, 11) is 4.23. The number of guanidine groups is 1. The van der Waals surface area contributed by atoms with Gasteiger partial charge in [-0.25, -0.2) is 0 Å². The number of hydrogen-bond donors (Lipinski definition) is 3. The van der Waals surface area contributed by atoms with Crippen LogP contribution in [0.2, 0.25) is 0 Å². The van der Waals surface area contributed by atoms with Crippen LogP contribution in [-0.2, 0) is 4.74 Å². The van der Waals surface area contributed by atoms with Crippen molar-refractivity contribution in [1.29, 1.82) is 0 Å². The minimum absolute atomic E-state index is 0. The molecule has 1 aliphatic rings. The van der Waals surface area contributed by atoms with Gasteiger partial charge in [0.15, 0.2) is 5.96 Å². The van der Waals surface area contributed by atoms with Gasteiger partial charge < -0.3 is 25.4 Å². The average Bonchev–Trinajstić information content (AvgIpc) is 3.15. The molecule has 162 valence electrons. The summed E-state index contributed by atoms with van der Waals surface area (Å²) in [5.74, 6) is 0.746. The molecule has 1 atom stereocenters. The second-order valence-electron chi connectivity index (χ2n) is 7.51. The van der Waals surface area contributed by atoms with Crippen LogP contribution in [0.4, 0.5) is 0 Å². The van der Waals surface area contributed by atoms with Gasteiger partial charge in [0.1, 0.15) is 6.10 Å². The van der Waals surface area contributed by atoms with Gasteiger partial charge in [0.05, 0.1) is 6.54 Å². The minimum Gasteiger partial charge on any atom is -0.386 e. The predicted octanol–water partition coefficient (Wildman–Crippen LogP) is 3.22. The molecule has 1 aromatic carbocycles. The SMILES string of the molecule is CCNC(=NCC1(N(C)C)CCOCC1)NCC(O)c1cc2ccccc2s1.I. The van der Waals surface area contributed by atoms with Gasteiger partial charge in [0.25, 0.3) is 0 Å². The Labute approximate surface area is 194 Å². The summed E-state index contributed by atoms with van der Waals surface area (Å²) in [6.07, 6.45) is 1.40. The highest BCUT2D eigenvalue weighted by Crippen LogP contribution is 2.29. The van der Waals surface area contributed by atoms with E-state index in [-0.39, 0.29) is 29.5 Å². The number of fused-ring (bicyclic) bond motifs is 1. The number of benzene rings is 1. The lowest BCUT2D eigenvalue weighted by Crippen LogP contribution is -2.52. The van der Waals surface area contributed by atoms with Crippen LogP contribution in [0, 0.1) is 0 Å². The first-order valence-corrected chi connectivity index (χ1v) is 10.8. The standard InChI is InChI=1S/C21H32N4O2S.HI/c1-4-22-20(24-15-21(25(2)3)9-11-27-12-10-21)23-14-17(26)19-13-16-7-5-6-8-18(16)28-19;/h5-8,13,17,26H,4,9-12,14-15H2,1-3H3,(H2,22,23,24);1H. The number of aliphatic imine (C=N–C) groups is 1. The Hall–Kier alpha value is -0.940. The Morgan fingerprint density at radius 1 is 1.28 bits per heavy atom. The van der Waals surface area contributed by atoms with Crippen molar-refractivity contribution in [2.24, 2.45) is 4.99 Å². The summed E-state index contributed by atoms with van der Waals surface area (Å²) in [5.41, 5.74) is 0.0324. The van der Waals surface area contributed by atoms with Gasteiger partial charge in [0, 0.05) is 41.4 Å². The number of halogens is 1. The second-order valence-corrected chi connectivity index (χ2v) is 8.62. The van der Waals surface area contributed by atoms with Crippen molar-refractivity contribution in [1.82, 2.24) is 15.5 Å². The van der Waals surface area contributed by atoms with Crippen molar-refractivity contribution in [2.45, 2.75) is 31.4 Å². The van der Waals surface area contributed by atoms with Gasteiger partial charge in [0.2, 0.25) is 0 Å². The number of aliphatic hydroxyl groups is 1. The zero-order chi connectivity index (χ0) is 20.0. The number of nitrogens with zero attached hydrogens (tertiary/aromatic N) is 2. The molecular formula is C21H33IN4O2S. The number of aliphatic hydroxyl groups excluding tert-OH is 1. The second kappa shape index (κ2) is 11.5. The monoisotopic (exact) mass is 532 g/mol. The topological polar surface area (TPSA) is 69.1 Å². The molecule has 8 heteroatoms. The number of ether oxygens (including phenoxy) is 1. The third-order valence-electron chi connectivity index (χ3n) is 5.48. The summed E-state index contributed by atoms with van der Waals surface area (Å²) in [5, 5.41) is 18.4. The van der Waals surface area contributed by atoms with E-state index in [0.29, 0.717) is 13.1 Å². The number of likely N-dealkylation sites (N-methyl/N-ethyl adjacent to an activating group) is 1. The average molecular weight is 532 g/mol. The Bertz CT molecular complexity index is 757. The highest BCUT2D eigenvalue weighted by molar-refractivity contribution is 14.0. The summed E-state index contributed by atoms with van der Waals surface area (Å²) >= 11 is 1.64. The molecule has 1 aliphatic heterocycles. The van der Waals surface area contributed by atoms with E-state index in [0.717, 1.165) is 43.4 Å². The van der Waals surface area contributed by atoms with Crippen molar-refractivity contribution in [3.63, 3.8) is 0 Å². The Morgan fingerprint density at radius 2 is 2.00 bits per heavy atom. The van der Waals surface area contributed by atoms with Gasteiger partial charge in [-0.1, -0.05) is 18.2 Å². The lowest BCUT2D eigenvalue weighted by molar-refractivity contribution is -0.00255. The van der Waals surface area contributed by atoms with E-state index >= 15 is 0 Å². The molecule has 0 radical (unpaired) electrons. The molecule has 2 heterocycles. The molecule has 2 aromatic rings.